The molecule has 94 valence electrons. The highest BCUT2D eigenvalue weighted by molar-refractivity contribution is 5.25. The number of nitrogens with two attached hydrogens (primary N) is 1. The lowest BCUT2D eigenvalue weighted by atomic mass is 9.73. The molecule has 0 amide bonds. The summed E-state index contributed by atoms with van der Waals surface area (Å²) in [6.07, 6.45) is 1.17. The Morgan fingerprint density at radius 1 is 1.29 bits per heavy atom. The monoisotopic (exact) mass is 235 g/mol. The summed E-state index contributed by atoms with van der Waals surface area (Å²) in [5.41, 5.74) is 7.84. The van der Waals surface area contributed by atoms with Crippen molar-refractivity contribution in [1.82, 2.24) is 0 Å². The summed E-state index contributed by atoms with van der Waals surface area (Å²) >= 11 is 0. The van der Waals surface area contributed by atoms with Gasteiger partial charge in [0.05, 0.1) is 6.10 Å². The number of benzene rings is 1. The van der Waals surface area contributed by atoms with Gasteiger partial charge in [0, 0.05) is 25.2 Å². The van der Waals surface area contributed by atoms with Crippen molar-refractivity contribution in [2.75, 3.05) is 19.8 Å². The first kappa shape index (κ1) is 12.6. The molecule has 1 atom stereocenters. The number of rotatable bonds is 3. The molecule has 3 nitrogen and oxygen atoms in total. The van der Waals surface area contributed by atoms with E-state index in [0.717, 1.165) is 18.4 Å². The van der Waals surface area contributed by atoms with Gasteiger partial charge in [0.1, 0.15) is 0 Å². The maximum atomic E-state index is 10.6. The summed E-state index contributed by atoms with van der Waals surface area (Å²) in [7, 11) is 0. The van der Waals surface area contributed by atoms with Crippen LogP contribution in [0.3, 0.4) is 0 Å². The van der Waals surface area contributed by atoms with Crippen LogP contribution >= 0.6 is 0 Å². The zero-order valence-corrected chi connectivity index (χ0v) is 10.4. The Hall–Kier alpha value is -0.900. The first-order valence-corrected chi connectivity index (χ1v) is 6.20. The highest BCUT2D eigenvalue weighted by atomic mass is 16.5. The zero-order valence-electron chi connectivity index (χ0n) is 10.4. The molecule has 0 aromatic heterocycles. The molecule has 1 aliphatic rings. The molecule has 0 bridgehead atoms. The Morgan fingerprint density at radius 3 is 2.41 bits per heavy atom. The van der Waals surface area contributed by atoms with Crippen LogP contribution in [0.5, 0.6) is 0 Å². The van der Waals surface area contributed by atoms with Crippen LogP contribution in [0.15, 0.2) is 24.3 Å². The van der Waals surface area contributed by atoms with E-state index in [4.69, 9.17) is 10.5 Å². The smallest absolute Gasteiger partial charge is 0.0860 e. The van der Waals surface area contributed by atoms with Gasteiger partial charge in [0.25, 0.3) is 0 Å². The maximum Gasteiger partial charge on any atom is 0.0860 e. The molecule has 0 radical (unpaired) electrons. The van der Waals surface area contributed by atoms with Crippen molar-refractivity contribution in [1.29, 1.82) is 0 Å². The van der Waals surface area contributed by atoms with E-state index in [-0.39, 0.29) is 5.41 Å². The zero-order chi connectivity index (χ0) is 12.3. The summed E-state index contributed by atoms with van der Waals surface area (Å²) in [6, 6.07) is 8.05. The molecule has 3 heteroatoms. The third kappa shape index (κ3) is 2.51. The minimum atomic E-state index is -0.489. The van der Waals surface area contributed by atoms with Gasteiger partial charge in [-0.25, -0.2) is 0 Å². The van der Waals surface area contributed by atoms with E-state index in [1.165, 1.54) is 5.56 Å². The van der Waals surface area contributed by atoms with Crippen molar-refractivity contribution in [3.05, 3.63) is 35.4 Å². The van der Waals surface area contributed by atoms with Crippen LogP contribution in [0.1, 0.15) is 30.1 Å². The molecule has 3 N–H and O–H groups in total. The van der Waals surface area contributed by atoms with Gasteiger partial charge in [-0.3, -0.25) is 0 Å². The molecule has 1 heterocycles. The summed E-state index contributed by atoms with van der Waals surface area (Å²) < 4.78 is 5.37. The van der Waals surface area contributed by atoms with E-state index in [1.54, 1.807) is 0 Å². The molecule has 1 aromatic rings. The summed E-state index contributed by atoms with van der Waals surface area (Å²) in [5.74, 6) is 0. The lowest BCUT2D eigenvalue weighted by Gasteiger charge is -2.40. The Bertz CT molecular complexity index is 355. The molecule has 0 saturated carbocycles. The highest BCUT2D eigenvalue weighted by Gasteiger charge is 2.39. The Balaban J connectivity index is 2.21. The first-order valence-electron chi connectivity index (χ1n) is 6.20. The van der Waals surface area contributed by atoms with E-state index in [0.29, 0.717) is 19.8 Å². The number of aryl methyl sites for hydroxylation is 1. The number of hydrogen-bond acceptors (Lipinski definition) is 3. The molecule has 17 heavy (non-hydrogen) atoms. The van der Waals surface area contributed by atoms with Gasteiger partial charge in [0.15, 0.2) is 0 Å². The Morgan fingerprint density at radius 2 is 1.88 bits per heavy atom. The molecular formula is C14H21NO2. The van der Waals surface area contributed by atoms with Crippen molar-refractivity contribution in [3.8, 4) is 0 Å². The normalized spacial score (nSPS) is 21.1. The highest BCUT2D eigenvalue weighted by Crippen LogP contribution is 2.41. The fourth-order valence-electron chi connectivity index (χ4n) is 2.47. The molecule has 1 fully saturated rings. The minimum absolute atomic E-state index is 0.215. The summed E-state index contributed by atoms with van der Waals surface area (Å²) in [6.45, 7) is 3.94. The summed E-state index contributed by atoms with van der Waals surface area (Å²) in [5, 5.41) is 10.6. The molecule has 1 saturated heterocycles. The Labute approximate surface area is 103 Å². The second-order valence-electron chi connectivity index (χ2n) is 4.99. The van der Waals surface area contributed by atoms with Gasteiger partial charge in [-0.05, 0) is 25.3 Å². The summed E-state index contributed by atoms with van der Waals surface area (Å²) in [4.78, 5) is 0. The van der Waals surface area contributed by atoms with E-state index >= 15 is 0 Å². The fraction of sp³-hybridized carbons (Fsp3) is 0.571. The van der Waals surface area contributed by atoms with Crippen molar-refractivity contribution < 1.29 is 9.84 Å². The second kappa shape index (κ2) is 5.17. The van der Waals surface area contributed by atoms with Crippen molar-refractivity contribution >= 4 is 0 Å². The number of aliphatic hydroxyl groups is 1. The van der Waals surface area contributed by atoms with Gasteiger partial charge in [-0.2, -0.15) is 0 Å². The van der Waals surface area contributed by atoms with Crippen LogP contribution in [0.25, 0.3) is 0 Å². The predicted molar refractivity (Wildman–Crippen MR) is 67.7 cm³/mol. The average molecular weight is 235 g/mol. The van der Waals surface area contributed by atoms with E-state index in [2.05, 4.69) is 0 Å². The molecule has 0 aliphatic carbocycles. The predicted octanol–water partition coefficient (Wildman–Crippen LogP) is 1.78. The number of ether oxygens (including phenoxy) is 1. The van der Waals surface area contributed by atoms with Gasteiger partial charge in [0.2, 0.25) is 0 Å². The van der Waals surface area contributed by atoms with E-state index < -0.39 is 6.10 Å². The maximum absolute atomic E-state index is 10.6. The number of hydrogen-bond donors (Lipinski definition) is 2. The molecular weight excluding hydrogens is 214 g/mol. The molecule has 1 unspecified atom stereocenters. The topological polar surface area (TPSA) is 55.5 Å². The van der Waals surface area contributed by atoms with Gasteiger partial charge >= 0.3 is 0 Å². The first-order chi connectivity index (χ1) is 8.18. The van der Waals surface area contributed by atoms with Crippen molar-refractivity contribution in [2.24, 2.45) is 11.1 Å². The standard InChI is InChI=1S/C14H21NO2/c1-11-2-4-12(5-3-11)13(16)14(10-15)6-8-17-9-7-14/h2-5,13,16H,6-10,15H2,1H3. The third-order valence-electron chi connectivity index (χ3n) is 3.87. The van der Waals surface area contributed by atoms with Crippen LogP contribution in [0, 0.1) is 12.3 Å². The van der Waals surface area contributed by atoms with Crippen LogP contribution in [-0.4, -0.2) is 24.9 Å². The minimum Gasteiger partial charge on any atom is -0.388 e. The van der Waals surface area contributed by atoms with E-state index in [1.807, 2.05) is 31.2 Å². The molecule has 1 aliphatic heterocycles. The van der Waals surface area contributed by atoms with Gasteiger partial charge < -0.3 is 15.6 Å². The molecule has 2 rings (SSSR count). The van der Waals surface area contributed by atoms with E-state index in [9.17, 15) is 5.11 Å². The molecule has 1 aromatic carbocycles. The van der Waals surface area contributed by atoms with Crippen LogP contribution in [0.2, 0.25) is 0 Å². The van der Waals surface area contributed by atoms with Gasteiger partial charge in [-0.1, -0.05) is 29.8 Å². The van der Waals surface area contributed by atoms with Crippen molar-refractivity contribution in [2.45, 2.75) is 25.9 Å². The fourth-order valence-corrected chi connectivity index (χ4v) is 2.47. The third-order valence-corrected chi connectivity index (χ3v) is 3.87. The number of aliphatic hydroxyl groups excluding tert-OH is 1. The second-order valence-corrected chi connectivity index (χ2v) is 4.99. The van der Waals surface area contributed by atoms with Gasteiger partial charge in [-0.15, -0.1) is 0 Å². The largest absolute Gasteiger partial charge is 0.388 e. The SMILES string of the molecule is Cc1ccc(C(O)C2(CN)CCOCC2)cc1. The van der Waals surface area contributed by atoms with Crippen LogP contribution in [0.4, 0.5) is 0 Å². The lowest BCUT2D eigenvalue weighted by Crippen LogP contribution is -2.41. The van der Waals surface area contributed by atoms with Crippen molar-refractivity contribution in [3.63, 3.8) is 0 Å². The molecule has 0 spiro atoms. The van der Waals surface area contributed by atoms with Crippen LogP contribution < -0.4 is 5.73 Å². The quantitative estimate of drug-likeness (QED) is 0.839. The average Bonchev–Trinajstić information content (AvgIpc) is 2.39. The van der Waals surface area contributed by atoms with Crippen LogP contribution in [-0.2, 0) is 4.74 Å². The Kier molecular flexibility index (Phi) is 3.82. The lowest BCUT2D eigenvalue weighted by molar-refractivity contribution is -0.0581.